The number of aromatic amines is 1. The Hall–Kier alpha value is -5.35. The molecule has 0 saturated carbocycles. The van der Waals surface area contributed by atoms with Gasteiger partial charge in [0.1, 0.15) is 12.0 Å². The fraction of sp³-hybridized carbons (Fsp3) is 0.156. The van der Waals surface area contributed by atoms with Crippen LogP contribution in [-0.2, 0) is 4.74 Å². The van der Waals surface area contributed by atoms with Crippen LogP contribution in [0.15, 0.2) is 78.0 Å². The van der Waals surface area contributed by atoms with E-state index < -0.39 is 5.91 Å². The number of ether oxygens (including phenoxy) is 1. The molecular weight excluding hydrogens is 532 g/mol. The molecule has 0 spiro atoms. The lowest BCUT2D eigenvalue weighted by molar-refractivity contribution is 0.0299. The zero-order valence-corrected chi connectivity index (χ0v) is 22.8. The molecule has 42 heavy (non-hydrogen) atoms. The third kappa shape index (κ3) is 4.03. The van der Waals surface area contributed by atoms with Crippen LogP contribution in [0.2, 0.25) is 0 Å². The monoisotopic (exact) mass is 558 g/mol. The molecule has 4 heterocycles. The number of benzene rings is 3. The molecule has 6 aromatic rings. The molecule has 7 rings (SSSR count). The number of carbonyl (C=O) groups is 2. The first-order valence-electron chi connectivity index (χ1n) is 13.6. The normalized spacial score (nSPS) is 13.7. The van der Waals surface area contributed by atoms with Gasteiger partial charge in [0.25, 0.3) is 17.4 Å². The Morgan fingerprint density at radius 1 is 0.952 bits per heavy atom. The zero-order valence-electron chi connectivity index (χ0n) is 22.8. The summed E-state index contributed by atoms with van der Waals surface area (Å²) >= 11 is 0. The van der Waals surface area contributed by atoms with E-state index in [1.54, 1.807) is 40.2 Å². The highest BCUT2D eigenvalue weighted by molar-refractivity contribution is 6.20. The second-order valence-electron chi connectivity index (χ2n) is 10.3. The Morgan fingerprint density at radius 2 is 1.76 bits per heavy atom. The van der Waals surface area contributed by atoms with Gasteiger partial charge in [-0.05, 0) is 53.9 Å². The van der Waals surface area contributed by atoms with E-state index in [1.165, 1.54) is 0 Å². The van der Waals surface area contributed by atoms with Crippen molar-refractivity contribution in [1.82, 2.24) is 24.4 Å². The fourth-order valence-corrected chi connectivity index (χ4v) is 5.80. The molecule has 10 nitrogen and oxygen atoms in total. The summed E-state index contributed by atoms with van der Waals surface area (Å²) < 4.78 is 6.94. The molecule has 3 aromatic heterocycles. The predicted molar refractivity (Wildman–Crippen MR) is 160 cm³/mol. The summed E-state index contributed by atoms with van der Waals surface area (Å²) in [6.45, 7) is 3.91. The molecule has 3 aromatic carbocycles. The second-order valence-corrected chi connectivity index (χ2v) is 10.3. The Balaban J connectivity index is 1.45. The van der Waals surface area contributed by atoms with Crippen molar-refractivity contribution < 1.29 is 14.3 Å². The average molecular weight is 559 g/mol. The maximum absolute atomic E-state index is 13.4. The van der Waals surface area contributed by atoms with Crippen molar-refractivity contribution in [1.29, 1.82) is 0 Å². The number of nitrogens with zero attached hydrogens (tertiary/aromatic N) is 4. The molecule has 1 aliphatic heterocycles. The smallest absolute Gasteiger partial charge is 0.272 e. The molecule has 0 bridgehead atoms. The lowest BCUT2D eigenvalue weighted by Crippen LogP contribution is -2.41. The molecule has 208 valence electrons. The van der Waals surface area contributed by atoms with Gasteiger partial charge in [-0.2, -0.15) is 0 Å². The minimum Gasteiger partial charge on any atom is -0.378 e. The van der Waals surface area contributed by atoms with Crippen molar-refractivity contribution in [2.45, 2.75) is 6.92 Å². The second kappa shape index (κ2) is 9.93. The lowest BCUT2D eigenvalue weighted by atomic mass is 9.93. The summed E-state index contributed by atoms with van der Waals surface area (Å²) in [7, 11) is 0. The van der Waals surface area contributed by atoms with E-state index in [0.717, 1.165) is 27.5 Å². The SMILES string of the molecule is Cc1c(-c2ccc(C(N)=O)c3[nH]c4cnc(C(=O)N5CCOCC5)cc4c23)cccc1-n1cnc2ccccc2c1=O. The number of H-pyrrole nitrogens is 1. The quantitative estimate of drug-likeness (QED) is 0.336. The summed E-state index contributed by atoms with van der Waals surface area (Å²) in [4.78, 5) is 53.1. The van der Waals surface area contributed by atoms with Gasteiger partial charge in [-0.15, -0.1) is 0 Å². The number of pyridine rings is 1. The lowest BCUT2D eigenvalue weighted by Gasteiger charge is -2.26. The van der Waals surface area contributed by atoms with Gasteiger partial charge >= 0.3 is 0 Å². The minimum absolute atomic E-state index is 0.167. The standard InChI is InChI=1S/C32H26N6O4/c1-18-19(6-4-8-27(18)38-17-35-24-7-3-2-5-21(24)31(38)40)20-9-10-22(30(33)39)29-28(20)23-15-25(34-16-26(23)36-29)32(41)37-11-13-42-14-12-37/h2-10,15-17,36H,11-14H2,1H3,(H2,33,39). The van der Waals surface area contributed by atoms with E-state index in [2.05, 4.69) is 15.0 Å². The summed E-state index contributed by atoms with van der Waals surface area (Å²) in [6.07, 6.45) is 3.16. The molecular formula is C32H26N6O4. The first kappa shape index (κ1) is 25.6. The van der Waals surface area contributed by atoms with E-state index in [0.29, 0.717) is 65.2 Å². The van der Waals surface area contributed by atoms with Gasteiger partial charge < -0.3 is 20.4 Å². The molecule has 10 heteroatoms. The number of primary amides is 1. The first-order valence-corrected chi connectivity index (χ1v) is 13.6. The third-order valence-electron chi connectivity index (χ3n) is 7.94. The number of nitrogens with one attached hydrogen (secondary N) is 1. The predicted octanol–water partition coefficient (Wildman–Crippen LogP) is 3.96. The van der Waals surface area contributed by atoms with E-state index in [4.69, 9.17) is 10.5 Å². The highest BCUT2D eigenvalue weighted by atomic mass is 16.5. The Morgan fingerprint density at radius 3 is 2.57 bits per heavy atom. The molecule has 0 atom stereocenters. The molecule has 1 saturated heterocycles. The summed E-state index contributed by atoms with van der Waals surface area (Å²) in [5.41, 5.74) is 11.3. The molecule has 0 radical (unpaired) electrons. The van der Waals surface area contributed by atoms with Crippen LogP contribution in [0.5, 0.6) is 0 Å². The molecule has 2 amide bonds. The van der Waals surface area contributed by atoms with Gasteiger partial charge in [0, 0.05) is 23.9 Å². The van der Waals surface area contributed by atoms with Crippen LogP contribution in [0.4, 0.5) is 0 Å². The Kier molecular flexibility index (Phi) is 6.05. The molecule has 3 N–H and O–H groups in total. The highest BCUT2D eigenvalue weighted by Gasteiger charge is 2.23. The van der Waals surface area contributed by atoms with Crippen molar-refractivity contribution >= 4 is 44.5 Å². The van der Waals surface area contributed by atoms with Crippen LogP contribution in [0.3, 0.4) is 0 Å². The van der Waals surface area contributed by atoms with Crippen molar-refractivity contribution in [2.24, 2.45) is 5.73 Å². The number of hydrogen-bond donors (Lipinski definition) is 2. The van der Waals surface area contributed by atoms with E-state index in [-0.39, 0.29) is 11.5 Å². The maximum Gasteiger partial charge on any atom is 0.272 e. The summed E-state index contributed by atoms with van der Waals surface area (Å²) in [5.74, 6) is -0.751. The summed E-state index contributed by atoms with van der Waals surface area (Å²) in [6, 6.07) is 18.3. The van der Waals surface area contributed by atoms with Crippen LogP contribution in [-0.4, -0.2) is 62.5 Å². The first-order chi connectivity index (χ1) is 20.4. The number of nitrogens with two attached hydrogens (primary N) is 1. The number of para-hydroxylation sites is 1. The van der Waals surface area contributed by atoms with Crippen LogP contribution in [0.1, 0.15) is 26.4 Å². The van der Waals surface area contributed by atoms with E-state index >= 15 is 0 Å². The number of rotatable bonds is 4. The number of carbonyl (C=O) groups excluding carboxylic acids is 2. The topological polar surface area (TPSA) is 136 Å². The number of fused-ring (bicyclic) bond motifs is 4. The molecule has 0 unspecified atom stereocenters. The maximum atomic E-state index is 13.4. The number of hydrogen-bond acceptors (Lipinski definition) is 6. The molecule has 1 fully saturated rings. The van der Waals surface area contributed by atoms with Gasteiger partial charge in [-0.3, -0.25) is 19.0 Å². The van der Waals surface area contributed by atoms with Crippen molar-refractivity contribution in [2.75, 3.05) is 26.3 Å². The molecule has 1 aliphatic rings. The van der Waals surface area contributed by atoms with Gasteiger partial charge in [-0.1, -0.05) is 30.3 Å². The number of aromatic nitrogens is 4. The van der Waals surface area contributed by atoms with E-state index in [9.17, 15) is 14.4 Å². The molecule has 0 aliphatic carbocycles. The largest absolute Gasteiger partial charge is 0.378 e. The Bertz CT molecular complexity index is 2120. The fourth-order valence-electron chi connectivity index (χ4n) is 5.80. The average Bonchev–Trinajstić information content (AvgIpc) is 3.40. The Labute approximate surface area is 239 Å². The van der Waals surface area contributed by atoms with Crippen LogP contribution < -0.4 is 11.3 Å². The van der Waals surface area contributed by atoms with Gasteiger partial charge in [0.15, 0.2) is 0 Å². The number of morpholine rings is 1. The van der Waals surface area contributed by atoms with Crippen LogP contribution >= 0.6 is 0 Å². The van der Waals surface area contributed by atoms with Gasteiger partial charge in [0.2, 0.25) is 0 Å². The highest BCUT2D eigenvalue weighted by Crippen LogP contribution is 2.39. The van der Waals surface area contributed by atoms with Gasteiger partial charge in [0.05, 0.1) is 52.6 Å². The van der Waals surface area contributed by atoms with Crippen molar-refractivity contribution in [3.63, 3.8) is 0 Å². The van der Waals surface area contributed by atoms with Crippen LogP contribution in [0.25, 0.3) is 49.5 Å². The third-order valence-corrected chi connectivity index (χ3v) is 7.94. The van der Waals surface area contributed by atoms with Crippen molar-refractivity contribution in [3.8, 4) is 16.8 Å². The van der Waals surface area contributed by atoms with Gasteiger partial charge in [-0.25, -0.2) is 9.97 Å². The van der Waals surface area contributed by atoms with Crippen LogP contribution in [0, 0.1) is 6.92 Å². The van der Waals surface area contributed by atoms with E-state index in [1.807, 2.05) is 49.4 Å². The number of amides is 2. The van der Waals surface area contributed by atoms with Crippen molar-refractivity contribution in [3.05, 3.63) is 100 Å². The summed E-state index contributed by atoms with van der Waals surface area (Å²) in [5, 5.41) is 2.01. The zero-order chi connectivity index (χ0) is 29.0. The minimum atomic E-state index is -0.574.